The van der Waals surface area contributed by atoms with E-state index in [9.17, 15) is 4.79 Å². The van der Waals surface area contributed by atoms with Crippen molar-refractivity contribution >= 4 is 18.0 Å². The zero-order valence-electron chi connectivity index (χ0n) is 7.99. The van der Waals surface area contributed by atoms with Crippen molar-refractivity contribution in [2.45, 2.75) is 30.4 Å². The van der Waals surface area contributed by atoms with Gasteiger partial charge in [-0.2, -0.15) is 0 Å². The lowest BCUT2D eigenvalue weighted by Gasteiger charge is -2.06. The second-order valence-electron chi connectivity index (χ2n) is 3.14. The summed E-state index contributed by atoms with van der Waals surface area (Å²) in [6, 6.07) is 8.38. The first-order chi connectivity index (χ1) is 6.22. The van der Waals surface area contributed by atoms with E-state index in [2.05, 4.69) is 38.1 Å². The molecule has 0 aliphatic carbocycles. The Bertz CT molecular complexity index is 266. The highest BCUT2D eigenvalue weighted by molar-refractivity contribution is 8.00. The van der Waals surface area contributed by atoms with E-state index in [-0.39, 0.29) is 0 Å². The normalized spacial score (nSPS) is 12.5. The Labute approximate surface area is 83.5 Å². The Balaban J connectivity index is 2.53. The molecule has 0 bridgehead atoms. The molecule has 0 amide bonds. The molecule has 1 aromatic rings. The Morgan fingerprint density at radius 1 is 1.38 bits per heavy atom. The van der Waals surface area contributed by atoms with Crippen LogP contribution >= 0.6 is 11.8 Å². The fraction of sp³-hybridized carbons (Fsp3) is 0.364. The molecule has 0 radical (unpaired) electrons. The quantitative estimate of drug-likeness (QED) is 0.541. The molecule has 0 aliphatic heterocycles. The molecule has 1 unspecified atom stereocenters. The maximum Gasteiger partial charge on any atom is 0.121 e. The third kappa shape index (κ3) is 3.64. The lowest BCUT2D eigenvalue weighted by atomic mass is 10.2. The number of aryl methyl sites for hydroxylation is 1. The van der Waals surface area contributed by atoms with Gasteiger partial charge in [0.05, 0.1) is 0 Å². The molecule has 0 saturated carbocycles. The third-order valence-electron chi connectivity index (χ3n) is 1.79. The minimum atomic E-state index is 0.375. The van der Waals surface area contributed by atoms with Crippen LogP contribution in [0.15, 0.2) is 29.2 Å². The number of hydrogen-bond donors (Lipinski definition) is 0. The largest absolute Gasteiger partial charge is 0.303 e. The van der Waals surface area contributed by atoms with E-state index < -0.39 is 0 Å². The molecule has 1 aromatic carbocycles. The maximum atomic E-state index is 10.2. The summed E-state index contributed by atoms with van der Waals surface area (Å²) in [5.41, 5.74) is 1.27. The number of carbonyl (C=O) groups excluding carboxylic acids is 1. The average Bonchev–Trinajstić information content (AvgIpc) is 2.09. The van der Waals surface area contributed by atoms with E-state index in [4.69, 9.17) is 0 Å². The van der Waals surface area contributed by atoms with Crippen LogP contribution in [0.2, 0.25) is 0 Å². The number of hydrogen-bond acceptors (Lipinski definition) is 2. The van der Waals surface area contributed by atoms with Crippen molar-refractivity contribution < 1.29 is 4.79 Å². The monoisotopic (exact) mass is 194 g/mol. The van der Waals surface area contributed by atoms with Gasteiger partial charge in [-0.15, -0.1) is 11.8 Å². The Kier molecular flexibility index (Phi) is 4.03. The van der Waals surface area contributed by atoms with Crippen LogP contribution in [-0.4, -0.2) is 11.5 Å². The van der Waals surface area contributed by atoms with Crippen LogP contribution in [0.25, 0.3) is 0 Å². The van der Waals surface area contributed by atoms with E-state index in [0.717, 1.165) is 6.29 Å². The molecule has 0 aromatic heterocycles. The molecule has 70 valence electrons. The summed E-state index contributed by atoms with van der Waals surface area (Å²) in [4.78, 5) is 11.5. The van der Waals surface area contributed by atoms with Gasteiger partial charge in [-0.1, -0.05) is 24.6 Å². The van der Waals surface area contributed by atoms with Crippen molar-refractivity contribution in [2.24, 2.45) is 0 Å². The standard InChI is InChI=1S/C11H14OS/c1-9-3-5-11(6-4-9)13-10(2)7-8-12/h3-6,8,10H,7H2,1-2H3. The van der Waals surface area contributed by atoms with Crippen molar-refractivity contribution in [1.82, 2.24) is 0 Å². The topological polar surface area (TPSA) is 17.1 Å². The van der Waals surface area contributed by atoms with Gasteiger partial charge >= 0.3 is 0 Å². The summed E-state index contributed by atoms with van der Waals surface area (Å²) in [5, 5.41) is 0.375. The molecular weight excluding hydrogens is 180 g/mol. The van der Waals surface area contributed by atoms with Crippen molar-refractivity contribution in [2.75, 3.05) is 0 Å². The first-order valence-electron chi connectivity index (χ1n) is 4.39. The van der Waals surface area contributed by atoms with E-state index in [1.807, 2.05) is 0 Å². The van der Waals surface area contributed by atoms with Gasteiger partial charge in [0.2, 0.25) is 0 Å². The summed E-state index contributed by atoms with van der Waals surface area (Å²) in [7, 11) is 0. The van der Waals surface area contributed by atoms with Crippen molar-refractivity contribution in [1.29, 1.82) is 0 Å². The Morgan fingerprint density at radius 3 is 2.54 bits per heavy atom. The number of rotatable bonds is 4. The fourth-order valence-electron chi connectivity index (χ4n) is 1.03. The highest BCUT2D eigenvalue weighted by Gasteiger charge is 2.02. The number of aldehydes is 1. The zero-order valence-corrected chi connectivity index (χ0v) is 8.80. The van der Waals surface area contributed by atoms with Crippen molar-refractivity contribution in [3.8, 4) is 0 Å². The summed E-state index contributed by atoms with van der Waals surface area (Å²) < 4.78 is 0. The van der Waals surface area contributed by atoms with Gasteiger partial charge in [0.25, 0.3) is 0 Å². The van der Waals surface area contributed by atoms with Crippen LogP contribution in [-0.2, 0) is 4.79 Å². The van der Waals surface area contributed by atoms with Gasteiger partial charge in [-0.05, 0) is 19.1 Å². The van der Waals surface area contributed by atoms with Crippen LogP contribution in [0, 0.1) is 6.92 Å². The smallest absolute Gasteiger partial charge is 0.121 e. The molecule has 0 spiro atoms. The molecule has 0 N–H and O–H groups in total. The highest BCUT2D eigenvalue weighted by Crippen LogP contribution is 2.24. The predicted octanol–water partition coefficient (Wildman–Crippen LogP) is 3.06. The minimum absolute atomic E-state index is 0.375. The lowest BCUT2D eigenvalue weighted by molar-refractivity contribution is -0.107. The molecule has 0 aliphatic rings. The van der Waals surface area contributed by atoms with Crippen LogP contribution < -0.4 is 0 Å². The van der Waals surface area contributed by atoms with Crippen molar-refractivity contribution in [3.05, 3.63) is 29.8 Å². The molecule has 0 heterocycles. The lowest BCUT2D eigenvalue weighted by Crippen LogP contribution is -1.95. The Morgan fingerprint density at radius 2 is 2.00 bits per heavy atom. The average molecular weight is 194 g/mol. The fourth-order valence-corrected chi connectivity index (χ4v) is 1.97. The molecule has 1 atom stereocenters. The van der Waals surface area contributed by atoms with Gasteiger partial charge in [-0.3, -0.25) is 0 Å². The molecule has 0 saturated heterocycles. The van der Waals surface area contributed by atoms with Crippen LogP contribution in [0.5, 0.6) is 0 Å². The van der Waals surface area contributed by atoms with Crippen LogP contribution in [0.1, 0.15) is 18.9 Å². The summed E-state index contributed by atoms with van der Waals surface area (Å²) in [6.45, 7) is 4.14. The van der Waals surface area contributed by atoms with Crippen LogP contribution in [0.3, 0.4) is 0 Å². The van der Waals surface area contributed by atoms with E-state index in [1.54, 1.807) is 11.8 Å². The molecule has 2 heteroatoms. The van der Waals surface area contributed by atoms with Gasteiger partial charge in [-0.25, -0.2) is 0 Å². The predicted molar refractivity (Wildman–Crippen MR) is 57.2 cm³/mol. The second-order valence-corrected chi connectivity index (χ2v) is 4.66. The SMILES string of the molecule is Cc1ccc(SC(C)CC=O)cc1. The molecule has 0 fully saturated rings. The van der Waals surface area contributed by atoms with E-state index in [0.29, 0.717) is 11.7 Å². The van der Waals surface area contributed by atoms with Gasteiger partial charge < -0.3 is 4.79 Å². The van der Waals surface area contributed by atoms with Crippen molar-refractivity contribution in [3.63, 3.8) is 0 Å². The summed E-state index contributed by atoms with van der Waals surface area (Å²) in [6.07, 6.45) is 1.60. The second kappa shape index (κ2) is 5.07. The zero-order chi connectivity index (χ0) is 9.68. The summed E-state index contributed by atoms with van der Waals surface area (Å²) >= 11 is 1.75. The number of thioether (sulfide) groups is 1. The molecular formula is C11H14OS. The molecule has 1 rings (SSSR count). The minimum Gasteiger partial charge on any atom is -0.303 e. The first-order valence-corrected chi connectivity index (χ1v) is 5.27. The molecule has 13 heavy (non-hydrogen) atoms. The van der Waals surface area contributed by atoms with Crippen LogP contribution in [0.4, 0.5) is 0 Å². The van der Waals surface area contributed by atoms with Gasteiger partial charge in [0, 0.05) is 16.6 Å². The maximum absolute atomic E-state index is 10.2. The first kappa shape index (κ1) is 10.3. The third-order valence-corrected chi connectivity index (χ3v) is 2.93. The molecule has 1 nitrogen and oxygen atoms in total. The van der Waals surface area contributed by atoms with E-state index >= 15 is 0 Å². The van der Waals surface area contributed by atoms with E-state index in [1.165, 1.54) is 10.5 Å². The Hall–Kier alpha value is -0.760. The van der Waals surface area contributed by atoms with Gasteiger partial charge in [0.1, 0.15) is 6.29 Å². The number of carbonyl (C=O) groups is 1. The van der Waals surface area contributed by atoms with Gasteiger partial charge in [0.15, 0.2) is 0 Å². The summed E-state index contributed by atoms with van der Waals surface area (Å²) in [5.74, 6) is 0. The number of benzene rings is 1. The highest BCUT2D eigenvalue weighted by atomic mass is 32.2.